The van der Waals surface area contributed by atoms with Gasteiger partial charge in [0.25, 0.3) is 0 Å². The lowest BCUT2D eigenvalue weighted by atomic mass is 10.1. The minimum atomic E-state index is -3.58. The molecule has 1 amide bonds. The number of hydrazine groups is 1. The number of hydrogen-bond donors (Lipinski definition) is 3. The molecule has 9 heteroatoms. The van der Waals surface area contributed by atoms with Crippen LogP contribution in [0.4, 0.5) is 0 Å². The Hall–Kier alpha value is -1.19. The van der Waals surface area contributed by atoms with Crippen LogP contribution in [0.1, 0.15) is 19.4 Å². The van der Waals surface area contributed by atoms with Gasteiger partial charge in [-0.1, -0.05) is 23.7 Å². The maximum absolute atomic E-state index is 12.7. The Bertz CT molecular complexity index is 686. The van der Waals surface area contributed by atoms with Crippen molar-refractivity contribution in [2.75, 3.05) is 20.1 Å². The molecule has 2 unspecified atom stereocenters. The molecule has 25 heavy (non-hydrogen) atoms. The molecule has 1 saturated heterocycles. The number of sulfonamides is 1. The zero-order chi connectivity index (χ0) is 18.6. The van der Waals surface area contributed by atoms with Gasteiger partial charge in [-0.25, -0.2) is 8.42 Å². The van der Waals surface area contributed by atoms with E-state index in [1.807, 2.05) is 12.1 Å². The summed E-state index contributed by atoms with van der Waals surface area (Å²) in [7, 11) is -2.14. The summed E-state index contributed by atoms with van der Waals surface area (Å²) in [5.41, 5.74) is 6.90. The normalized spacial score (nSPS) is 23.8. The maximum Gasteiger partial charge on any atom is 0.235 e. The fraction of sp³-hybridized carbons (Fsp3) is 0.562. The molecule has 2 atom stereocenters. The number of likely N-dealkylation sites (N-methyl/N-ethyl adjacent to an activating group) is 1. The van der Waals surface area contributed by atoms with Crippen molar-refractivity contribution in [2.24, 2.45) is 0 Å². The molecule has 0 bridgehead atoms. The van der Waals surface area contributed by atoms with Crippen LogP contribution >= 0.6 is 11.6 Å². The largest absolute Gasteiger partial charge is 0.355 e. The standard InChI is InChI=1S/C16H25ClN4O3S/c1-11-16(12(2)20-19-11)25(23,24)21(3)10-15(22)18-9-8-13-4-6-14(17)7-5-13/h4-7,11-12,16,19-20H,8-10H2,1-3H3,(H,18,22). The second-order valence-corrected chi connectivity index (χ2v) is 8.99. The van der Waals surface area contributed by atoms with Crippen LogP contribution in [0, 0.1) is 0 Å². The van der Waals surface area contributed by atoms with Crippen LogP contribution in [0.3, 0.4) is 0 Å². The van der Waals surface area contributed by atoms with E-state index >= 15 is 0 Å². The quantitative estimate of drug-likeness (QED) is 0.633. The second-order valence-electron chi connectivity index (χ2n) is 6.36. The van der Waals surface area contributed by atoms with Gasteiger partial charge >= 0.3 is 0 Å². The molecule has 140 valence electrons. The lowest BCUT2D eigenvalue weighted by Gasteiger charge is -2.25. The van der Waals surface area contributed by atoms with Crippen LogP contribution in [0.5, 0.6) is 0 Å². The third-order valence-corrected chi connectivity index (χ3v) is 7.07. The molecule has 1 heterocycles. The number of rotatable bonds is 7. The third kappa shape index (κ3) is 5.15. The van der Waals surface area contributed by atoms with Gasteiger partial charge in [0, 0.05) is 30.7 Å². The van der Waals surface area contributed by atoms with E-state index in [0.29, 0.717) is 18.0 Å². The highest BCUT2D eigenvalue weighted by atomic mass is 35.5. The summed E-state index contributed by atoms with van der Waals surface area (Å²) in [6.07, 6.45) is 0.657. The van der Waals surface area contributed by atoms with Crippen molar-refractivity contribution in [3.8, 4) is 0 Å². The van der Waals surface area contributed by atoms with Crippen molar-refractivity contribution in [2.45, 2.75) is 37.6 Å². The van der Waals surface area contributed by atoms with Crippen LogP contribution < -0.4 is 16.2 Å². The number of carbonyl (C=O) groups is 1. The summed E-state index contributed by atoms with van der Waals surface area (Å²) in [4.78, 5) is 12.1. The maximum atomic E-state index is 12.7. The van der Waals surface area contributed by atoms with E-state index in [2.05, 4.69) is 16.2 Å². The van der Waals surface area contributed by atoms with Crippen molar-refractivity contribution < 1.29 is 13.2 Å². The average molecular weight is 389 g/mol. The number of carbonyl (C=O) groups excluding carboxylic acids is 1. The Labute approximate surface area is 154 Å². The second kappa shape index (κ2) is 8.46. The minimum Gasteiger partial charge on any atom is -0.355 e. The van der Waals surface area contributed by atoms with Crippen molar-refractivity contribution in [3.05, 3.63) is 34.9 Å². The van der Waals surface area contributed by atoms with Crippen LogP contribution in [0.15, 0.2) is 24.3 Å². The lowest BCUT2D eigenvalue weighted by Crippen LogP contribution is -2.48. The zero-order valence-corrected chi connectivity index (χ0v) is 16.2. The minimum absolute atomic E-state index is 0.196. The Morgan fingerprint density at radius 1 is 1.20 bits per heavy atom. The van der Waals surface area contributed by atoms with Gasteiger partial charge in [-0.3, -0.25) is 15.6 Å². The van der Waals surface area contributed by atoms with E-state index in [0.717, 1.165) is 9.87 Å². The van der Waals surface area contributed by atoms with Gasteiger partial charge in [0.2, 0.25) is 15.9 Å². The van der Waals surface area contributed by atoms with Gasteiger partial charge < -0.3 is 5.32 Å². The van der Waals surface area contributed by atoms with E-state index < -0.39 is 15.3 Å². The summed E-state index contributed by atoms with van der Waals surface area (Å²) < 4.78 is 26.5. The average Bonchev–Trinajstić information content (AvgIpc) is 2.88. The number of benzene rings is 1. The van der Waals surface area contributed by atoms with E-state index in [1.165, 1.54) is 7.05 Å². The van der Waals surface area contributed by atoms with E-state index in [1.54, 1.807) is 26.0 Å². The van der Waals surface area contributed by atoms with Crippen molar-refractivity contribution in [1.29, 1.82) is 0 Å². The molecule has 1 aliphatic heterocycles. The molecule has 1 aromatic rings. The molecule has 0 aliphatic carbocycles. The SMILES string of the molecule is CC1NNC(C)C1S(=O)(=O)N(C)CC(=O)NCCc1ccc(Cl)cc1. The first-order valence-corrected chi connectivity index (χ1v) is 10.1. The Balaban J connectivity index is 1.84. The topological polar surface area (TPSA) is 90.5 Å². The molecule has 3 N–H and O–H groups in total. The molecule has 1 aromatic carbocycles. The predicted octanol–water partition coefficient (Wildman–Crippen LogP) is 0.514. The first kappa shape index (κ1) is 20.1. The van der Waals surface area contributed by atoms with Crippen LogP contribution in [0.25, 0.3) is 0 Å². The van der Waals surface area contributed by atoms with Crippen molar-refractivity contribution in [1.82, 2.24) is 20.5 Å². The Kier molecular flexibility index (Phi) is 6.81. The number of nitrogens with zero attached hydrogens (tertiary/aromatic N) is 1. The van der Waals surface area contributed by atoms with Crippen molar-refractivity contribution in [3.63, 3.8) is 0 Å². The van der Waals surface area contributed by atoms with Crippen LogP contribution in [-0.2, 0) is 21.2 Å². The smallest absolute Gasteiger partial charge is 0.235 e. The highest BCUT2D eigenvalue weighted by Gasteiger charge is 2.42. The summed E-state index contributed by atoms with van der Waals surface area (Å²) in [6.45, 7) is 3.85. The van der Waals surface area contributed by atoms with Gasteiger partial charge in [0.15, 0.2) is 0 Å². The van der Waals surface area contributed by atoms with Gasteiger partial charge in [-0.15, -0.1) is 0 Å². The monoisotopic (exact) mass is 388 g/mol. The molecule has 1 aliphatic rings. The number of nitrogens with one attached hydrogen (secondary N) is 3. The van der Waals surface area contributed by atoms with Gasteiger partial charge in [-0.2, -0.15) is 4.31 Å². The van der Waals surface area contributed by atoms with Crippen LogP contribution in [0.2, 0.25) is 5.02 Å². The zero-order valence-electron chi connectivity index (χ0n) is 14.6. The van der Waals surface area contributed by atoms with E-state index in [-0.39, 0.29) is 24.5 Å². The van der Waals surface area contributed by atoms with Crippen LogP contribution in [-0.4, -0.2) is 56.1 Å². The summed E-state index contributed by atoms with van der Waals surface area (Å²) in [5, 5.41) is 2.81. The lowest BCUT2D eigenvalue weighted by molar-refractivity contribution is -0.121. The fourth-order valence-electron chi connectivity index (χ4n) is 2.93. The van der Waals surface area contributed by atoms with Gasteiger partial charge in [0.05, 0.1) is 6.54 Å². The number of amides is 1. The molecule has 0 aromatic heterocycles. The Morgan fingerprint density at radius 3 is 2.32 bits per heavy atom. The molecule has 0 radical (unpaired) electrons. The Morgan fingerprint density at radius 2 is 1.76 bits per heavy atom. The molecular formula is C16H25ClN4O3S. The summed E-state index contributed by atoms with van der Waals surface area (Å²) in [6, 6.07) is 6.93. The molecule has 0 saturated carbocycles. The molecule has 1 fully saturated rings. The molecule has 2 rings (SSSR count). The summed E-state index contributed by atoms with van der Waals surface area (Å²) in [5.74, 6) is -0.320. The van der Waals surface area contributed by atoms with E-state index in [9.17, 15) is 13.2 Å². The molecule has 0 spiro atoms. The third-order valence-electron chi connectivity index (χ3n) is 4.32. The summed E-state index contributed by atoms with van der Waals surface area (Å²) >= 11 is 5.83. The first-order chi connectivity index (χ1) is 11.7. The van der Waals surface area contributed by atoms with Gasteiger partial charge in [-0.05, 0) is 38.0 Å². The highest BCUT2D eigenvalue weighted by molar-refractivity contribution is 7.89. The predicted molar refractivity (Wildman–Crippen MR) is 98.7 cm³/mol. The molecular weight excluding hydrogens is 364 g/mol. The first-order valence-electron chi connectivity index (χ1n) is 8.19. The van der Waals surface area contributed by atoms with Gasteiger partial charge in [0.1, 0.15) is 5.25 Å². The van der Waals surface area contributed by atoms with Crippen molar-refractivity contribution >= 4 is 27.5 Å². The van der Waals surface area contributed by atoms with E-state index in [4.69, 9.17) is 11.6 Å². The highest BCUT2D eigenvalue weighted by Crippen LogP contribution is 2.18. The number of hydrogen-bond acceptors (Lipinski definition) is 5. The number of halogens is 1. The fourth-order valence-corrected chi connectivity index (χ4v) is 4.94. The molecule has 7 nitrogen and oxygen atoms in total.